The van der Waals surface area contributed by atoms with Crippen LogP contribution in [-0.2, 0) is 14.6 Å². The summed E-state index contributed by atoms with van der Waals surface area (Å²) in [7, 11) is -3.41. The van der Waals surface area contributed by atoms with E-state index in [2.05, 4.69) is 5.32 Å². The average molecular weight is 270 g/mol. The Hall–Kier alpha value is -1.60. The van der Waals surface area contributed by atoms with Crippen molar-refractivity contribution in [1.82, 2.24) is 0 Å². The van der Waals surface area contributed by atoms with Crippen LogP contribution in [0.1, 0.15) is 6.42 Å². The van der Waals surface area contributed by atoms with E-state index in [9.17, 15) is 13.2 Å². The fourth-order valence-corrected chi connectivity index (χ4v) is 2.78. The van der Waals surface area contributed by atoms with Crippen molar-refractivity contribution in [1.29, 1.82) is 0 Å². The Morgan fingerprint density at radius 2 is 2.17 bits per heavy atom. The van der Waals surface area contributed by atoms with Gasteiger partial charge in [-0.2, -0.15) is 0 Å². The first kappa shape index (κ1) is 12.8. The summed E-state index contributed by atoms with van der Waals surface area (Å²) in [6, 6.07) is 4.41. The first-order valence-corrected chi connectivity index (χ1v) is 7.18. The standard InChI is InChI=1S/C11H14N2O4S/c12-4-6-18(15,16)8-1-2-10-9(7-8)13-11(14)3-5-17-10/h1-2,7H,3-6,12H2,(H,13,14). The Kier molecular flexibility index (Phi) is 3.53. The number of anilines is 1. The lowest BCUT2D eigenvalue weighted by molar-refractivity contribution is -0.116. The van der Waals surface area contributed by atoms with Gasteiger partial charge in [-0.05, 0) is 18.2 Å². The molecule has 1 aromatic rings. The fourth-order valence-electron chi connectivity index (χ4n) is 1.67. The van der Waals surface area contributed by atoms with Gasteiger partial charge in [0.2, 0.25) is 5.91 Å². The Labute approximate surface area is 105 Å². The van der Waals surface area contributed by atoms with E-state index in [4.69, 9.17) is 10.5 Å². The van der Waals surface area contributed by atoms with Crippen molar-refractivity contribution in [3.05, 3.63) is 18.2 Å². The topological polar surface area (TPSA) is 98.5 Å². The van der Waals surface area contributed by atoms with Gasteiger partial charge in [-0.15, -0.1) is 0 Å². The molecule has 98 valence electrons. The molecule has 3 N–H and O–H groups in total. The largest absolute Gasteiger partial charge is 0.491 e. The van der Waals surface area contributed by atoms with Crippen molar-refractivity contribution in [2.45, 2.75) is 11.3 Å². The van der Waals surface area contributed by atoms with E-state index in [0.717, 1.165) is 0 Å². The zero-order chi connectivity index (χ0) is 13.2. The lowest BCUT2D eigenvalue weighted by Crippen LogP contribution is -2.16. The summed E-state index contributed by atoms with van der Waals surface area (Å²) in [4.78, 5) is 11.5. The Morgan fingerprint density at radius 3 is 2.89 bits per heavy atom. The normalized spacial score (nSPS) is 15.3. The zero-order valence-corrected chi connectivity index (χ0v) is 10.5. The number of hydrogen-bond acceptors (Lipinski definition) is 5. The maximum atomic E-state index is 11.9. The molecule has 18 heavy (non-hydrogen) atoms. The molecule has 0 fully saturated rings. The van der Waals surface area contributed by atoms with Crippen molar-refractivity contribution >= 4 is 21.4 Å². The number of hydrogen-bond donors (Lipinski definition) is 2. The van der Waals surface area contributed by atoms with E-state index in [1.807, 2.05) is 0 Å². The van der Waals surface area contributed by atoms with Crippen LogP contribution in [0.25, 0.3) is 0 Å². The van der Waals surface area contributed by atoms with Crippen LogP contribution < -0.4 is 15.8 Å². The van der Waals surface area contributed by atoms with Gasteiger partial charge in [-0.25, -0.2) is 8.42 Å². The number of rotatable bonds is 3. The smallest absolute Gasteiger partial charge is 0.227 e. The third-order valence-electron chi connectivity index (χ3n) is 2.56. The molecule has 1 amide bonds. The fraction of sp³-hybridized carbons (Fsp3) is 0.364. The molecule has 7 heteroatoms. The molecule has 0 aliphatic carbocycles. The van der Waals surface area contributed by atoms with Crippen LogP contribution in [0.4, 0.5) is 5.69 Å². The van der Waals surface area contributed by atoms with Gasteiger partial charge in [0.15, 0.2) is 9.84 Å². The molecule has 1 aromatic carbocycles. The maximum Gasteiger partial charge on any atom is 0.227 e. The number of ether oxygens (including phenoxy) is 1. The van der Waals surface area contributed by atoms with Gasteiger partial charge in [-0.3, -0.25) is 4.79 Å². The van der Waals surface area contributed by atoms with Gasteiger partial charge >= 0.3 is 0 Å². The molecule has 0 spiro atoms. The Bertz CT molecular complexity index is 568. The molecular formula is C11H14N2O4S. The van der Waals surface area contributed by atoms with Crippen LogP contribution >= 0.6 is 0 Å². The van der Waals surface area contributed by atoms with Gasteiger partial charge in [-0.1, -0.05) is 0 Å². The molecule has 2 rings (SSSR count). The summed E-state index contributed by atoms with van der Waals surface area (Å²) in [6.07, 6.45) is 0.250. The minimum atomic E-state index is -3.41. The second-order valence-corrected chi connectivity index (χ2v) is 6.02. The van der Waals surface area contributed by atoms with Crippen LogP contribution in [0.2, 0.25) is 0 Å². The first-order chi connectivity index (χ1) is 8.53. The molecule has 1 aliphatic rings. The van der Waals surface area contributed by atoms with Gasteiger partial charge in [0.25, 0.3) is 0 Å². The van der Waals surface area contributed by atoms with Crippen molar-refractivity contribution in [3.8, 4) is 5.75 Å². The van der Waals surface area contributed by atoms with E-state index in [1.165, 1.54) is 12.1 Å². The second-order valence-electron chi connectivity index (χ2n) is 3.91. The van der Waals surface area contributed by atoms with Crippen LogP contribution in [0.3, 0.4) is 0 Å². The van der Waals surface area contributed by atoms with Gasteiger partial charge < -0.3 is 15.8 Å². The summed E-state index contributed by atoms with van der Waals surface area (Å²) < 4.78 is 29.0. The summed E-state index contributed by atoms with van der Waals surface area (Å²) in [5.41, 5.74) is 5.65. The summed E-state index contributed by atoms with van der Waals surface area (Å²) in [5, 5.41) is 2.62. The molecule has 1 heterocycles. The number of fused-ring (bicyclic) bond motifs is 1. The molecule has 0 bridgehead atoms. The van der Waals surface area contributed by atoms with E-state index < -0.39 is 9.84 Å². The minimum Gasteiger partial charge on any atom is -0.491 e. The van der Waals surface area contributed by atoms with Crippen LogP contribution in [0.5, 0.6) is 5.75 Å². The molecule has 0 saturated carbocycles. The third kappa shape index (κ3) is 2.62. The number of carbonyl (C=O) groups is 1. The summed E-state index contributed by atoms with van der Waals surface area (Å²) in [6.45, 7) is 0.343. The highest BCUT2D eigenvalue weighted by molar-refractivity contribution is 7.91. The lowest BCUT2D eigenvalue weighted by atomic mass is 10.3. The molecule has 0 unspecified atom stereocenters. The predicted molar refractivity (Wildman–Crippen MR) is 66.3 cm³/mol. The van der Waals surface area contributed by atoms with E-state index in [1.54, 1.807) is 6.07 Å². The van der Waals surface area contributed by atoms with Crippen molar-refractivity contribution in [3.63, 3.8) is 0 Å². The molecule has 1 aliphatic heterocycles. The monoisotopic (exact) mass is 270 g/mol. The van der Waals surface area contributed by atoms with Crippen LogP contribution in [0, 0.1) is 0 Å². The Balaban J connectivity index is 2.40. The highest BCUT2D eigenvalue weighted by atomic mass is 32.2. The number of nitrogens with one attached hydrogen (secondary N) is 1. The third-order valence-corrected chi connectivity index (χ3v) is 4.30. The number of carbonyl (C=O) groups excluding carboxylic acids is 1. The highest BCUT2D eigenvalue weighted by Crippen LogP contribution is 2.29. The predicted octanol–water partition coefficient (Wildman–Crippen LogP) is 0.140. The number of nitrogens with two attached hydrogens (primary N) is 1. The van der Waals surface area contributed by atoms with E-state index in [-0.39, 0.29) is 36.1 Å². The molecule has 0 radical (unpaired) electrons. The van der Waals surface area contributed by atoms with Gasteiger partial charge in [0, 0.05) is 6.54 Å². The summed E-state index contributed by atoms with van der Waals surface area (Å²) in [5.74, 6) is 0.162. The quantitative estimate of drug-likeness (QED) is 0.814. The first-order valence-electron chi connectivity index (χ1n) is 5.52. The molecular weight excluding hydrogens is 256 g/mol. The molecule has 0 aromatic heterocycles. The maximum absolute atomic E-state index is 11.9. The Morgan fingerprint density at radius 1 is 1.39 bits per heavy atom. The van der Waals surface area contributed by atoms with E-state index in [0.29, 0.717) is 11.4 Å². The van der Waals surface area contributed by atoms with Crippen molar-refractivity contribution in [2.24, 2.45) is 5.73 Å². The highest BCUT2D eigenvalue weighted by Gasteiger charge is 2.19. The average Bonchev–Trinajstić information content (AvgIpc) is 2.48. The lowest BCUT2D eigenvalue weighted by Gasteiger charge is -2.09. The number of sulfone groups is 1. The molecule has 0 saturated heterocycles. The van der Waals surface area contributed by atoms with Crippen molar-refractivity contribution < 1.29 is 17.9 Å². The van der Waals surface area contributed by atoms with Gasteiger partial charge in [0.05, 0.1) is 29.4 Å². The van der Waals surface area contributed by atoms with E-state index >= 15 is 0 Å². The second kappa shape index (κ2) is 4.95. The van der Waals surface area contributed by atoms with Gasteiger partial charge in [0.1, 0.15) is 5.75 Å². The minimum absolute atomic E-state index is 0.0578. The van der Waals surface area contributed by atoms with Crippen molar-refractivity contribution in [2.75, 3.05) is 24.2 Å². The number of benzene rings is 1. The molecule has 0 atom stereocenters. The SMILES string of the molecule is NCCS(=O)(=O)c1ccc2c(c1)NC(=O)CCO2. The molecule has 6 nitrogen and oxygen atoms in total. The summed E-state index contributed by atoms with van der Waals surface area (Å²) >= 11 is 0. The number of amides is 1. The van der Waals surface area contributed by atoms with Crippen LogP contribution in [-0.4, -0.2) is 33.2 Å². The van der Waals surface area contributed by atoms with Crippen LogP contribution in [0.15, 0.2) is 23.1 Å². The zero-order valence-electron chi connectivity index (χ0n) is 9.68.